The molecule has 0 fully saturated rings. The molecule has 9 rings (SSSR count). The van der Waals surface area contributed by atoms with Gasteiger partial charge in [-0.3, -0.25) is 0 Å². The van der Waals surface area contributed by atoms with E-state index in [-0.39, 0.29) is 17.1 Å². The van der Waals surface area contributed by atoms with Gasteiger partial charge in [-0.1, -0.05) is 96.5 Å². The number of hydrogen-bond donors (Lipinski definition) is 0. The van der Waals surface area contributed by atoms with Crippen LogP contribution in [0.15, 0.2) is 121 Å². The van der Waals surface area contributed by atoms with Gasteiger partial charge in [0, 0.05) is 22.3 Å². The predicted octanol–water partition coefficient (Wildman–Crippen LogP) is 10.5. The minimum Gasteiger partial charge on any atom is -0.657 e. The van der Waals surface area contributed by atoms with Gasteiger partial charge in [-0.15, -0.1) is 47.8 Å². The number of rotatable bonds is 4. The van der Waals surface area contributed by atoms with Gasteiger partial charge in [0.05, 0.1) is 22.8 Å². The minimum atomic E-state index is 0. The summed E-state index contributed by atoms with van der Waals surface area (Å²) < 4.78 is 0. The van der Waals surface area contributed by atoms with Crippen LogP contribution in [0, 0.1) is 49.4 Å². The van der Waals surface area contributed by atoms with Crippen LogP contribution in [0.4, 0.5) is 0 Å². The Morgan fingerprint density at radius 1 is 0.316 bits per heavy atom. The van der Waals surface area contributed by atoms with Crippen molar-refractivity contribution < 1.29 is 17.1 Å². The molecule has 4 aromatic carbocycles. The van der Waals surface area contributed by atoms with E-state index in [9.17, 15) is 0 Å². The van der Waals surface area contributed by atoms with Gasteiger partial charge in [0.15, 0.2) is 0 Å². The summed E-state index contributed by atoms with van der Waals surface area (Å²) in [5.74, 6) is 10.9. The average molecular weight is 772 g/mol. The molecule has 5 heteroatoms. The monoisotopic (exact) mass is 771 g/mol. The molecule has 7 aromatic rings. The Balaban J connectivity index is 0.00000455. The van der Waals surface area contributed by atoms with Crippen molar-refractivity contribution in [2.24, 2.45) is 0 Å². The summed E-state index contributed by atoms with van der Waals surface area (Å²) in [5, 5.41) is 0. The molecule has 1 radical (unpaired) electrons. The van der Waals surface area contributed by atoms with Crippen molar-refractivity contribution in [3.8, 4) is 93.9 Å². The van der Waals surface area contributed by atoms with Crippen LogP contribution in [0.1, 0.15) is 45.0 Å². The summed E-state index contributed by atoms with van der Waals surface area (Å²) in [7, 11) is 0. The summed E-state index contributed by atoms with van der Waals surface area (Å²) in [5.41, 5.74) is 16.3. The van der Waals surface area contributed by atoms with Gasteiger partial charge in [-0.05, 0) is 117 Å². The van der Waals surface area contributed by atoms with Crippen LogP contribution >= 0.6 is 0 Å². The molecule has 2 aliphatic heterocycles. The van der Waals surface area contributed by atoms with Crippen molar-refractivity contribution >= 4 is 46.4 Å². The fourth-order valence-electron chi connectivity index (χ4n) is 7.20. The third-order valence-electron chi connectivity index (χ3n) is 9.97. The Bertz CT molecular complexity index is 2710. The fourth-order valence-corrected chi connectivity index (χ4v) is 7.20. The quantitative estimate of drug-likeness (QED) is 0.132. The minimum absolute atomic E-state index is 0. The van der Waals surface area contributed by atoms with E-state index in [1.165, 1.54) is 0 Å². The Kier molecular flexibility index (Phi) is 9.64. The van der Waals surface area contributed by atoms with E-state index in [0.29, 0.717) is 0 Å². The van der Waals surface area contributed by atoms with E-state index in [0.717, 1.165) is 112 Å². The van der Waals surface area contributed by atoms with Gasteiger partial charge >= 0.3 is 17.1 Å². The van der Waals surface area contributed by atoms with Crippen LogP contribution in [0.2, 0.25) is 0 Å². The normalized spacial score (nSPS) is 11.2. The molecule has 0 unspecified atom stereocenters. The zero-order chi connectivity index (χ0) is 38.2. The maximum absolute atomic E-state index is 5.75. The third-order valence-corrected chi connectivity index (χ3v) is 9.97. The topological polar surface area (TPSA) is 54.0 Å². The molecule has 0 saturated heterocycles. The molecule has 0 N–H and O–H groups in total. The molecule has 3 aromatic heterocycles. The Labute approximate surface area is 342 Å². The zero-order valence-electron chi connectivity index (χ0n) is 30.3. The van der Waals surface area contributed by atoms with Gasteiger partial charge in [-0.2, -0.15) is 0 Å². The molecule has 4 nitrogen and oxygen atoms in total. The first-order valence-electron chi connectivity index (χ1n) is 17.9. The summed E-state index contributed by atoms with van der Waals surface area (Å²) >= 11 is 0. The third kappa shape index (κ3) is 6.68. The second-order valence-corrected chi connectivity index (χ2v) is 13.2. The molecule has 267 valence electrons. The van der Waals surface area contributed by atoms with Crippen LogP contribution in [0.3, 0.4) is 0 Å². The molecule has 0 atom stereocenters. The van der Waals surface area contributed by atoms with E-state index >= 15 is 0 Å². The van der Waals surface area contributed by atoms with Crippen molar-refractivity contribution in [1.29, 1.82) is 0 Å². The van der Waals surface area contributed by atoms with Crippen molar-refractivity contribution in [2.75, 3.05) is 0 Å². The van der Waals surface area contributed by atoms with Crippen LogP contribution < -0.4 is 9.97 Å². The second kappa shape index (κ2) is 15.2. The molecule has 8 bridgehead atoms. The van der Waals surface area contributed by atoms with Gasteiger partial charge in [0.25, 0.3) is 0 Å². The van der Waals surface area contributed by atoms with Crippen molar-refractivity contribution in [2.45, 2.75) is 0 Å². The maximum atomic E-state index is 5.75. The van der Waals surface area contributed by atoms with Crippen LogP contribution in [-0.2, 0) is 17.1 Å². The standard InChI is InChI=1S/C52H28N4.Cu/c1-5-33-9-17-37(18-10-33)49-41-25-27-43(53-41)50(38-19-11-34(6-2)12-20-38)45-29-31-47(55-45)52(40-23-15-36(8-4)16-24-40)48-32-30-46(56-48)51(44-28-26-42(49)54-44)39-21-13-35(7-3)14-22-39;/h1-4,9-32H;/q-2;+2. The summed E-state index contributed by atoms with van der Waals surface area (Å²) in [6.07, 6.45) is 31.1. The number of nitrogens with zero attached hydrogens (tertiary/aromatic N) is 4. The van der Waals surface area contributed by atoms with Crippen molar-refractivity contribution in [3.63, 3.8) is 0 Å². The van der Waals surface area contributed by atoms with Gasteiger partial charge < -0.3 is 9.97 Å². The fraction of sp³-hybridized carbons (Fsp3) is 0. The van der Waals surface area contributed by atoms with E-state index < -0.39 is 0 Å². The van der Waals surface area contributed by atoms with E-state index in [1.54, 1.807) is 0 Å². The van der Waals surface area contributed by atoms with Crippen LogP contribution in [-0.4, -0.2) is 9.97 Å². The Morgan fingerprint density at radius 2 is 0.526 bits per heavy atom. The summed E-state index contributed by atoms with van der Waals surface area (Å²) in [6.45, 7) is 0. The Hall–Kier alpha value is -7.76. The number of fused-ring (bicyclic) bond motifs is 8. The number of aromatic nitrogens is 4. The van der Waals surface area contributed by atoms with Gasteiger partial charge in [-0.25, -0.2) is 9.97 Å². The molecule has 0 aliphatic carbocycles. The zero-order valence-corrected chi connectivity index (χ0v) is 31.2. The smallest absolute Gasteiger partial charge is 0.657 e. The summed E-state index contributed by atoms with van der Waals surface area (Å²) in [4.78, 5) is 21.3. The van der Waals surface area contributed by atoms with Gasteiger partial charge in [0.2, 0.25) is 0 Å². The number of terminal acetylenes is 4. The van der Waals surface area contributed by atoms with Crippen molar-refractivity contribution in [1.82, 2.24) is 19.9 Å². The predicted molar refractivity (Wildman–Crippen MR) is 230 cm³/mol. The SMILES string of the molecule is C#Cc1ccc(-c2c3nc(c(-c4ccc(C#C)cc4)c4ccc([n-]4)c(-c4ccc(C#C)cc4)c4nc(c(-c5ccc(C#C)cc5)c5ccc2[n-]5)C=C4)C=C3)cc1.[Cu+2]. The average Bonchev–Trinajstić information content (AvgIpc) is 4.10. The largest absolute Gasteiger partial charge is 2.00 e. The number of benzene rings is 4. The molecule has 0 amide bonds. The molecule has 0 saturated carbocycles. The maximum Gasteiger partial charge on any atom is 2.00 e. The van der Waals surface area contributed by atoms with Crippen molar-refractivity contribution in [3.05, 3.63) is 166 Å². The number of hydrogen-bond acceptors (Lipinski definition) is 2. The summed E-state index contributed by atoms with van der Waals surface area (Å²) in [6, 6.07) is 39.7. The van der Waals surface area contributed by atoms with E-state index in [4.69, 9.17) is 45.6 Å². The van der Waals surface area contributed by atoms with Crippen LogP contribution in [0.5, 0.6) is 0 Å². The first-order chi connectivity index (χ1) is 27.5. The van der Waals surface area contributed by atoms with Crippen LogP contribution in [0.25, 0.3) is 90.9 Å². The molecule has 57 heavy (non-hydrogen) atoms. The second-order valence-electron chi connectivity index (χ2n) is 13.2. The Morgan fingerprint density at radius 3 is 0.719 bits per heavy atom. The molecule has 5 heterocycles. The molecule has 2 aliphatic rings. The molecular weight excluding hydrogens is 744 g/mol. The first kappa shape index (κ1) is 36.2. The van der Waals surface area contributed by atoms with Gasteiger partial charge in [0.1, 0.15) is 0 Å². The molecule has 0 spiro atoms. The molecular formula is C52H28CuN4. The first-order valence-corrected chi connectivity index (χ1v) is 17.9. The van der Waals surface area contributed by atoms with E-state index in [1.807, 2.05) is 146 Å². The van der Waals surface area contributed by atoms with E-state index in [2.05, 4.69) is 23.7 Å².